The molecule has 2 rings (SSSR count). The number of thioether (sulfide) groups is 1. The average Bonchev–Trinajstić information content (AvgIpc) is 2.73. The van der Waals surface area contributed by atoms with Crippen LogP contribution in [0.4, 0.5) is 0 Å². The van der Waals surface area contributed by atoms with Crippen LogP contribution in [0.15, 0.2) is 35.6 Å². The minimum Gasteiger partial charge on any atom is -0.462 e. The molecule has 0 aliphatic carbocycles. The molecule has 2 heterocycles. The lowest BCUT2D eigenvalue weighted by atomic mass is 10.5. The van der Waals surface area contributed by atoms with Crippen molar-refractivity contribution in [2.24, 2.45) is 0 Å². The van der Waals surface area contributed by atoms with Crippen molar-refractivity contribution in [3.05, 3.63) is 30.6 Å². The second-order valence-electron chi connectivity index (χ2n) is 3.85. The van der Waals surface area contributed by atoms with E-state index in [1.54, 1.807) is 6.20 Å². The Balaban J connectivity index is 2.04. The predicted molar refractivity (Wildman–Crippen MR) is 67.1 cm³/mol. The number of carbonyl (C=O) groups excluding carboxylic acids is 1. The van der Waals surface area contributed by atoms with Crippen LogP contribution in [-0.2, 0) is 9.53 Å². The molecular formula is C12H14N2O2S. The molecule has 0 radical (unpaired) electrons. The first-order valence-electron chi connectivity index (χ1n) is 5.41. The number of hydrogen-bond acceptors (Lipinski definition) is 4. The Kier molecular flexibility index (Phi) is 3.68. The fraction of sp³-hybridized carbons (Fsp3) is 0.333. The van der Waals surface area contributed by atoms with E-state index in [0.717, 1.165) is 10.7 Å². The Morgan fingerprint density at radius 3 is 3.12 bits per heavy atom. The van der Waals surface area contributed by atoms with Gasteiger partial charge in [-0.25, -0.2) is 4.98 Å². The summed E-state index contributed by atoms with van der Waals surface area (Å²) in [5, 5.41) is 0.987. The monoisotopic (exact) mass is 250 g/mol. The van der Waals surface area contributed by atoms with Crippen molar-refractivity contribution in [1.29, 1.82) is 0 Å². The Hall–Kier alpha value is -1.49. The molecule has 5 heteroatoms. The molecule has 0 amide bonds. The summed E-state index contributed by atoms with van der Waals surface area (Å²) in [6.07, 6.45) is 3.56. The van der Waals surface area contributed by atoms with Crippen molar-refractivity contribution < 1.29 is 9.53 Å². The molecule has 0 fully saturated rings. The number of rotatable bonds is 4. The van der Waals surface area contributed by atoms with Crippen molar-refractivity contribution in [3.8, 4) is 0 Å². The number of esters is 1. The van der Waals surface area contributed by atoms with Crippen molar-refractivity contribution in [2.75, 3.05) is 5.75 Å². The molecule has 0 aliphatic heterocycles. The number of imidazole rings is 1. The predicted octanol–water partition coefficient (Wildman–Crippen LogP) is 2.38. The molecular weight excluding hydrogens is 236 g/mol. The van der Waals surface area contributed by atoms with Gasteiger partial charge in [-0.2, -0.15) is 0 Å². The maximum Gasteiger partial charge on any atom is 0.316 e. The molecule has 0 saturated carbocycles. The number of hydrogen-bond donors (Lipinski definition) is 0. The highest BCUT2D eigenvalue weighted by atomic mass is 32.2. The van der Waals surface area contributed by atoms with Crippen LogP contribution in [0.3, 0.4) is 0 Å². The largest absolute Gasteiger partial charge is 0.462 e. The SMILES string of the molecule is CC(C)OC(=O)CSc1cccc2nccn12. The molecule has 4 nitrogen and oxygen atoms in total. The van der Waals surface area contributed by atoms with Crippen molar-refractivity contribution in [3.63, 3.8) is 0 Å². The quantitative estimate of drug-likeness (QED) is 0.617. The van der Waals surface area contributed by atoms with Gasteiger partial charge >= 0.3 is 5.97 Å². The zero-order valence-electron chi connectivity index (χ0n) is 9.79. The van der Waals surface area contributed by atoms with E-state index < -0.39 is 0 Å². The third-order valence-corrected chi connectivity index (χ3v) is 3.10. The Labute approximate surface area is 104 Å². The summed E-state index contributed by atoms with van der Waals surface area (Å²) in [7, 11) is 0. The molecule has 0 N–H and O–H groups in total. The molecule has 2 aromatic rings. The Bertz CT molecular complexity index is 522. The van der Waals surface area contributed by atoms with Gasteiger partial charge in [-0.1, -0.05) is 17.8 Å². The molecule has 2 aromatic heterocycles. The average molecular weight is 250 g/mol. The topological polar surface area (TPSA) is 43.6 Å². The van der Waals surface area contributed by atoms with E-state index in [1.165, 1.54) is 11.8 Å². The fourth-order valence-corrected chi connectivity index (χ4v) is 2.27. The van der Waals surface area contributed by atoms with Crippen LogP contribution in [-0.4, -0.2) is 27.2 Å². The molecule has 0 bridgehead atoms. The third-order valence-electron chi connectivity index (χ3n) is 2.10. The van der Waals surface area contributed by atoms with Gasteiger partial charge in [0.1, 0.15) is 5.65 Å². The van der Waals surface area contributed by atoms with Gasteiger partial charge in [-0.15, -0.1) is 0 Å². The van der Waals surface area contributed by atoms with Crippen molar-refractivity contribution in [1.82, 2.24) is 9.38 Å². The second kappa shape index (κ2) is 5.23. The van der Waals surface area contributed by atoms with Gasteiger partial charge in [0, 0.05) is 12.4 Å². The van der Waals surface area contributed by atoms with Crippen LogP contribution in [0, 0.1) is 0 Å². The molecule has 90 valence electrons. The Morgan fingerprint density at radius 2 is 2.35 bits per heavy atom. The van der Waals surface area contributed by atoms with Crippen LogP contribution in [0.25, 0.3) is 5.65 Å². The van der Waals surface area contributed by atoms with Crippen LogP contribution < -0.4 is 0 Å². The van der Waals surface area contributed by atoms with Gasteiger partial charge in [-0.05, 0) is 26.0 Å². The van der Waals surface area contributed by atoms with Gasteiger partial charge in [0.15, 0.2) is 0 Å². The molecule has 0 atom stereocenters. The molecule has 0 spiro atoms. The summed E-state index contributed by atoms with van der Waals surface area (Å²) >= 11 is 1.45. The lowest BCUT2D eigenvalue weighted by Crippen LogP contribution is -2.13. The summed E-state index contributed by atoms with van der Waals surface area (Å²) in [6, 6.07) is 5.82. The molecule has 0 aliphatic rings. The summed E-state index contributed by atoms with van der Waals surface area (Å²) < 4.78 is 7.03. The zero-order valence-corrected chi connectivity index (χ0v) is 10.6. The van der Waals surface area contributed by atoms with E-state index in [4.69, 9.17) is 4.74 Å². The van der Waals surface area contributed by atoms with E-state index in [2.05, 4.69) is 4.98 Å². The highest BCUT2D eigenvalue weighted by molar-refractivity contribution is 7.99. The highest BCUT2D eigenvalue weighted by Gasteiger charge is 2.08. The summed E-state index contributed by atoms with van der Waals surface area (Å²) in [6.45, 7) is 3.69. The summed E-state index contributed by atoms with van der Waals surface area (Å²) in [5.74, 6) is 0.122. The van der Waals surface area contributed by atoms with E-state index in [0.29, 0.717) is 5.75 Å². The first kappa shape index (κ1) is 12.0. The molecule has 0 saturated heterocycles. The van der Waals surface area contributed by atoms with Gasteiger partial charge in [-0.3, -0.25) is 9.20 Å². The number of aromatic nitrogens is 2. The van der Waals surface area contributed by atoms with Gasteiger partial charge in [0.25, 0.3) is 0 Å². The standard InChI is InChI=1S/C12H14N2O2S/c1-9(2)16-12(15)8-17-11-5-3-4-10-13-6-7-14(10)11/h3-7,9H,8H2,1-2H3. The third kappa shape index (κ3) is 3.00. The first-order chi connectivity index (χ1) is 8.16. The summed E-state index contributed by atoms with van der Waals surface area (Å²) in [4.78, 5) is 15.6. The van der Waals surface area contributed by atoms with Crippen LogP contribution in [0.1, 0.15) is 13.8 Å². The number of fused-ring (bicyclic) bond motifs is 1. The van der Waals surface area contributed by atoms with Crippen molar-refractivity contribution >= 4 is 23.4 Å². The van der Waals surface area contributed by atoms with Gasteiger partial charge in [0.05, 0.1) is 16.9 Å². The van der Waals surface area contributed by atoms with Crippen LogP contribution >= 0.6 is 11.8 Å². The minimum absolute atomic E-state index is 0.0628. The van der Waals surface area contributed by atoms with Crippen LogP contribution in [0.2, 0.25) is 0 Å². The Morgan fingerprint density at radius 1 is 1.53 bits per heavy atom. The van der Waals surface area contributed by atoms with E-state index in [-0.39, 0.29) is 12.1 Å². The smallest absolute Gasteiger partial charge is 0.316 e. The molecule has 0 aromatic carbocycles. The fourth-order valence-electron chi connectivity index (χ4n) is 1.47. The summed E-state index contributed by atoms with van der Waals surface area (Å²) in [5.41, 5.74) is 0.882. The number of pyridine rings is 1. The van der Waals surface area contributed by atoms with E-state index >= 15 is 0 Å². The van der Waals surface area contributed by atoms with Crippen molar-refractivity contribution in [2.45, 2.75) is 25.0 Å². The normalized spacial score (nSPS) is 11.0. The van der Waals surface area contributed by atoms with E-state index in [1.807, 2.05) is 42.6 Å². The number of nitrogens with zero attached hydrogens (tertiary/aromatic N) is 2. The zero-order chi connectivity index (χ0) is 12.3. The lowest BCUT2D eigenvalue weighted by Gasteiger charge is -2.08. The van der Waals surface area contributed by atoms with Gasteiger partial charge < -0.3 is 4.74 Å². The minimum atomic E-state index is -0.192. The maximum absolute atomic E-state index is 11.4. The first-order valence-corrected chi connectivity index (χ1v) is 6.40. The number of carbonyl (C=O) groups is 1. The van der Waals surface area contributed by atoms with E-state index in [9.17, 15) is 4.79 Å². The van der Waals surface area contributed by atoms with Gasteiger partial charge in [0.2, 0.25) is 0 Å². The molecule has 0 unspecified atom stereocenters. The molecule has 17 heavy (non-hydrogen) atoms. The maximum atomic E-state index is 11.4. The highest BCUT2D eigenvalue weighted by Crippen LogP contribution is 2.19. The second-order valence-corrected chi connectivity index (χ2v) is 4.84. The van der Waals surface area contributed by atoms with Crippen LogP contribution in [0.5, 0.6) is 0 Å². The number of ether oxygens (including phenoxy) is 1. The lowest BCUT2D eigenvalue weighted by molar-refractivity contribution is -0.144.